The lowest BCUT2D eigenvalue weighted by atomic mass is 10.1. The molecule has 0 bridgehead atoms. The number of hydrogen-bond acceptors (Lipinski definition) is 3. The Morgan fingerprint density at radius 2 is 2.00 bits per heavy atom. The topological polar surface area (TPSA) is 53.4 Å². The van der Waals surface area contributed by atoms with E-state index in [9.17, 15) is 4.79 Å². The number of fused-ring (bicyclic) bond motifs is 1. The van der Waals surface area contributed by atoms with Gasteiger partial charge in [0.25, 0.3) is 0 Å². The zero-order valence-corrected chi connectivity index (χ0v) is 19.4. The molecule has 166 valence electrons. The van der Waals surface area contributed by atoms with Gasteiger partial charge in [-0.15, -0.1) is 0 Å². The third kappa shape index (κ3) is 5.36. The molecule has 1 aromatic carbocycles. The Labute approximate surface area is 189 Å². The Balaban J connectivity index is 1.70. The van der Waals surface area contributed by atoms with Gasteiger partial charge in [0.05, 0.1) is 24.0 Å². The van der Waals surface area contributed by atoms with Crippen molar-refractivity contribution in [2.45, 2.75) is 53.5 Å². The van der Waals surface area contributed by atoms with Gasteiger partial charge >= 0.3 is 5.97 Å². The molecule has 0 fully saturated rings. The van der Waals surface area contributed by atoms with Gasteiger partial charge in [0.15, 0.2) is 0 Å². The first-order chi connectivity index (χ1) is 15.3. The third-order valence-corrected chi connectivity index (χ3v) is 5.29. The smallest absolute Gasteiger partial charge is 0.341 e. The Morgan fingerprint density at radius 3 is 2.69 bits per heavy atom. The van der Waals surface area contributed by atoms with Crippen LogP contribution >= 0.6 is 0 Å². The zero-order valence-electron chi connectivity index (χ0n) is 19.4. The lowest BCUT2D eigenvalue weighted by molar-refractivity contribution is 0.0549. The van der Waals surface area contributed by atoms with Gasteiger partial charge in [0.1, 0.15) is 6.61 Å². The summed E-state index contributed by atoms with van der Waals surface area (Å²) in [5, 5.41) is 5.20. The quantitative estimate of drug-likeness (QED) is 0.224. The van der Waals surface area contributed by atoms with Crippen LogP contribution in [0.2, 0.25) is 0 Å². The van der Waals surface area contributed by atoms with Crippen LogP contribution in [-0.2, 0) is 4.74 Å². The molecule has 0 spiro atoms. The summed E-state index contributed by atoms with van der Waals surface area (Å²) in [6.45, 7) is 18.1. The molecule has 0 aliphatic carbocycles. The molecule has 2 heterocycles. The average molecular weight is 431 g/mol. The van der Waals surface area contributed by atoms with Crippen molar-refractivity contribution in [1.82, 2.24) is 14.3 Å². The molecule has 0 unspecified atom stereocenters. The number of carbonyl (C=O) groups excluding carboxylic acids is 1. The van der Waals surface area contributed by atoms with Crippen LogP contribution < -0.4 is 0 Å². The van der Waals surface area contributed by atoms with E-state index in [1.807, 2.05) is 37.4 Å². The first-order valence-corrected chi connectivity index (χ1v) is 10.8. The van der Waals surface area contributed by atoms with Gasteiger partial charge in [-0.1, -0.05) is 17.2 Å². The average Bonchev–Trinajstić information content (AvgIpc) is 3.38. The molecule has 0 N–H and O–H groups in total. The van der Waals surface area contributed by atoms with Crippen LogP contribution in [0.5, 0.6) is 0 Å². The second kappa shape index (κ2) is 10.1. The molecule has 0 saturated heterocycles. The van der Waals surface area contributed by atoms with Crippen molar-refractivity contribution < 1.29 is 9.53 Å². The lowest BCUT2D eigenvalue weighted by Crippen LogP contribution is -2.04. The standard InChI is InChI=1S/C26H30N4O2/c1-18(2)8-7-9-20(5)12-13-32-26(31)21-15-28-30(16-21)22-10-11-25-23(14-22)24(27-6)17-29(25)19(3)4/h8,10-12,14-17,19H,7,9,13H2,1-5H3/b20-12+. The summed E-state index contributed by atoms with van der Waals surface area (Å²) < 4.78 is 9.11. The van der Waals surface area contributed by atoms with E-state index in [4.69, 9.17) is 11.3 Å². The highest BCUT2D eigenvalue weighted by Crippen LogP contribution is 2.32. The van der Waals surface area contributed by atoms with E-state index in [-0.39, 0.29) is 12.6 Å². The van der Waals surface area contributed by atoms with E-state index in [1.165, 1.54) is 17.3 Å². The van der Waals surface area contributed by atoms with Crippen molar-refractivity contribution in [2.75, 3.05) is 6.61 Å². The molecule has 0 amide bonds. The van der Waals surface area contributed by atoms with Crippen LogP contribution in [0.15, 0.2) is 60.1 Å². The minimum Gasteiger partial charge on any atom is -0.458 e. The molecule has 6 heteroatoms. The Kier molecular flexibility index (Phi) is 7.32. The maximum Gasteiger partial charge on any atom is 0.341 e. The van der Waals surface area contributed by atoms with Crippen LogP contribution in [0.1, 0.15) is 63.9 Å². The monoisotopic (exact) mass is 430 g/mol. The number of benzene rings is 1. The number of rotatable bonds is 8. The van der Waals surface area contributed by atoms with Gasteiger partial charge in [-0.2, -0.15) is 5.10 Å². The van der Waals surface area contributed by atoms with Crippen molar-refractivity contribution in [3.05, 3.63) is 77.1 Å². The summed E-state index contributed by atoms with van der Waals surface area (Å²) in [4.78, 5) is 16.1. The normalized spacial score (nSPS) is 11.6. The highest BCUT2D eigenvalue weighted by atomic mass is 16.5. The van der Waals surface area contributed by atoms with Crippen molar-refractivity contribution in [3.63, 3.8) is 0 Å². The predicted molar refractivity (Wildman–Crippen MR) is 128 cm³/mol. The highest BCUT2D eigenvalue weighted by molar-refractivity contribution is 5.95. The van der Waals surface area contributed by atoms with Crippen LogP contribution in [0, 0.1) is 6.57 Å². The van der Waals surface area contributed by atoms with Gasteiger partial charge in [0.2, 0.25) is 5.69 Å². The molecule has 6 nitrogen and oxygen atoms in total. The Bertz CT molecular complexity index is 1210. The maximum absolute atomic E-state index is 12.4. The summed E-state index contributed by atoms with van der Waals surface area (Å²) >= 11 is 0. The zero-order chi connectivity index (χ0) is 23.3. The Morgan fingerprint density at radius 1 is 1.22 bits per heavy atom. The molecule has 2 aromatic heterocycles. The molecule has 3 aromatic rings. The van der Waals surface area contributed by atoms with Crippen LogP contribution in [0.4, 0.5) is 5.69 Å². The first-order valence-electron chi connectivity index (χ1n) is 10.8. The van der Waals surface area contributed by atoms with Gasteiger partial charge in [-0.3, -0.25) is 0 Å². The van der Waals surface area contributed by atoms with E-state index >= 15 is 0 Å². The van der Waals surface area contributed by atoms with Crippen molar-refractivity contribution in [2.24, 2.45) is 0 Å². The molecule has 0 aliphatic heterocycles. The largest absolute Gasteiger partial charge is 0.458 e. The summed E-state index contributed by atoms with van der Waals surface area (Å²) in [7, 11) is 0. The number of nitrogens with zero attached hydrogens (tertiary/aromatic N) is 4. The van der Waals surface area contributed by atoms with Gasteiger partial charge < -0.3 is 9.30 Å². The van der Waals surface area contributed by atoms with E-state index < -0.39 is 5.97 Å². The number of hydrogen-bond donors (Lipinski definition) is 0. The molecular formula is C26H30N4O2. The van der Waals surface area contributed by atoms with E-state index in [0.29, 0.717) is 11.3 Å². The molecule has 0 aliphatic rings. The molecule has 0 atom stereocenters. The summed E-state index contributed by atoms with van der Waals surface area (Å²) in [5.74, 6) is -0.404. The van der Waals surface area contributed by atoms with E-state index in [0.717, 1.165) is 29.4 Å². The number of carbonyl (C=O) groups is 1. The molecule has 0 radical (unpaired) electrons. The predicted octanol–water partition coefficient (Wildman–Crippen LogP) is 6.81. The fourth-order valence-electron chi connectivity index (χ4n) is 3.49. The fourth-order valence-corrected chi connectivity index (χ4v) is 3.49. The van der Waals surface area contributed by atoms with E-state index in [1.54, 1.807) is 10.9 Å². The second-order valence-corrected chi connectivity index (χ2v) is 8.47. The summed E-state index contributed by atoms with van der Waals surface area (Å²) in [5.41, 5.74) is 5.30. The van der Waals surface area contributed by atoms with Crippen molar-refractivity contribution in [3.8, 4) is 5.69 Å². The second-order valence-electron chi connectivity index (χ2n) is 8.47. The first kappa shape index (κ1) is 23.1. The Hall–Kier alpha value is -3.59. The summed E-state index contributed by atoms with van der Waals surface area (Å²) in [6, 6.07) is 6.12. The third-order valence-electron chi connectivity index (χ3n) is 5.29. The van der Waals surface area contributed by atoms with Crippen LogP contribution in [0.3, 0.4) is 0 Å². The van der Waals surface area contributed by atoms with E-state index in [2.05, 4.69) is 48.3 Å². The lowest BCUT2D eigenvalue weighted by Gasteiger charge is -2.10. The molecule has 0 saturated carbocycles. The highest BCUT2D eigenvalue weighted by Gasteiger charge is 2.14. The fraction of sp³-hybridized carbons (Fsp3) is 0.346. The minimum absolute atomic E-state index is 0.244. The van der Waals surface area contributed by atoms with Gasteiger partial charge in [0, 0.05) is 29.3 Å². The minimum atomic E-state index is -0.404. The van der Waals surface area contributed by atoms with Crippen LogP contribution in [0.25, 0.3) is 21.4 Å². The molecular weight excluding hydrogens is 400 g/mol. The molecule has 3 rings (SSSR count). The summed E-state index contributed by atoms with van der Waals surface area (Å²) in [6.07, 6.45) is 11.1. The van der Waals surface area contributed by atoms with Crippen molar-refractivity contribution >= 4 is 22.6 Å². The number of aromatic nitrogens is 3. The van der Waals surface area contributed by atoms with Gasteiger partial charge in [-0.25, -0.2) is 14.3 Å². The molecule has 32 heavy (non-hydrogen) atoms. The van der Waals surface area contributed by atoms with Crippen molar-refractivity contribution in [1.29, 1.82) is 0 Å². The number of allylic oxidation sites excluding steroid dienone is 3. The number of esters is 1. The number of ether oxygens (including phenoxy) is 1. The van der Waals surface area contributed by atoms with Crippen LogP contribution in [-0.4, -0.2) is 26.9 Å². The van der Waals surface area contributed by atoms with Gasteiger partial charge in [-0.05, 0) is 71.7 Å². The maximum atomic E-state index is 12.4. The SMILES string of the molecule is [C-]#[N+]c1cn(C(C)C)c2ccc(-n3cc(C(=O)OC/C=C(\C)CCC=C(C)C)cn3)cc12.